The maximum Gasteiger partial charge on any atom is 0.471 e. The molecule has 4 aliphatic heterocycles. The summed E-state index contributed by atoms with van der Waals surface area (Å²) in [5, 5.41) is 3.62. The number of alkyl halides is 13. The molecule has 0 bridgehead atoms. The first-order chi connectivity index (χ1) is 33.4. The second-order valence-corrected chi connectivity index (χ2v) is 21.0. The van der Waals surface area contributed by atoms with Crippen molar-refractivity contribution in [3.8, 4) is 0 Å². The van der Waals surface area contributed by atoms with Crippen molar-refractivity contribution < 1.29 is 80.9 Å². The largest absolute Gasteiger partial charge is 0.471 e. The van der Waals surface area contributed by atoms with Gasteiger partial charge in [-0.1, -0.05) is 39.8 Å². The van der Waals surface area contributed by atoms with Gasteiger partial charge in [0.25, 0.3) is 11.8 Å². The fourth-order valence-corrected chi connectivity index (χ4v) is 12.0. The molecule has 72 heavy (non-hydrogen) atoms. The molecular weight excluding hydrogens is 984 g/mol. The van der Waals surface area contributed by atoms with Gasteiger partial charge in [-0.2, -0.15) is 57.1 Å². The lowest BCUT2D eigenvalue weighted by molar-refractivity contribution is -0.192. The number of benzene rings is 2. The Kier molecular flexibility index (Phi) is 15.8. The van der Waals surface area contributed by atoms with Crippen molar-refractivity contribution in [2.45, 2.75) is 160 Å². The quantitative estimate of drug-likeness (QED) is 0.265. The van der Waals surface area contributed by atoms with Gasteiger partial charge in [0.15, 0.2) is 0 Å². The van der Waals surface area contributed by atoms with Gasteiger partial charge in [0.05, 0.1) is 35.0 Å². The van der Waals surface area contributed by atoms with Crippen molar-refractivity contribution in [3.05, 3.63) is 69.8 Å². The minimum atomic E-state index is -5.14. The molecule has 2 aromatic rings. The van der Waals surface area contributed by atoms with Crippen molar-refractivity contribution >= 4 is 17.7 Å². The van der Waals surface area contributed by atoms with E-state index in [2.05, 4.69) is 5.32 Å². The van der Waals surface area contributed by atoms with E-state index in [9.17, 15) is 62.7 Å². The van der Waals surface area contributed by atoms with E-state index < -0.39 is 113 Å². The molecule has 1 N–H and O–H groups in total. The van der Waals surface area contributed by atoms with Crippen LogP contribution in [0.1, 0.15) is 125 Å². The van der Waals surface area contributed by atoms with Crippen LogP contribution in [-0.4, -0.2) is 102 Å². The highest BCUT2D eigenvalue weighted by atomic mass is 19.4. The second kappa shape index (κ2) is 20.5. The first-order valence-electron chi connectivity index (χ1n) is 24.5. The van der Waals surface area contributed by atoms with Crippen LogP contribution in [0.3, 0.4) is 0 Å². The molecular formula is C50H61F13N4O5. The fourth-order valence-electron chi connectivity index (χ4n) is 12.0. The van der Waals surface area contributed by atoms with E-state index in [1.165, 1.54) is 0 Å². The molecule has 2 aromatic carbocycles. The van der Waals surface area contributed by atoms with Crippen molar-refractivity contribution in [3.63, 3.8) is 0 Å². The lowest BCUT2D eigenvalue weighted by Gasteiger charge is -2.43. The predicted molar refractivity (Wildman–Crippen MR) is 235 cm³/mol. The zero-order chi connectivity index (χ0) is 53.0. The normalized spacial score (nSPS) is 27.0. The third-order valence-electron chi connectivity index (χ3n) is 16.0. The maximum absolute atomic E-state index is 15.1. The Morgan fingerprint density at radius 3 is 1.46 bits per heavy atom. The average molecular weight is 1050 g/mol. The molecule has 0 radical (unpaired) electrons. The van der Waals surface area contributed by atoms with Crippen molar-refractivity contribution in [2.24, 2.45) is 22.7 Å². The molecule has 4 heterocycles. The summed E-state index contributed by atoms with van der Waals surface area (Å²) in [6.45, 7) is 6.31. The van der Waals surface area contributed by atoms with Crippen LogP contribution in [0, 0.1) is 22.7 Å². The van der Waals surface area contributed by atoms with Crippen LogP contribution >= 0.6 is 0 Å². The van der Waals surface area contributed by atoms with Gasteiger partial charge in [-0.05, 0) is 111 Å². The molecule has 0 aromatic heterocycles. The standard InChI is InChI=1S/C26H30F8N2O3.C24H31F5N2O2/c1-15(2)23(8-5-19(12-23)36(22(38)26(32,33)34)18-6-9-39-10-7-18)21(37)35-13-16-11-17(25(29,30)31)3-4-20(16)24(27,28)14-35;1-15(2)22(8-5-19(12-22)30-18-6-9-33-10-7-18)21(32)31-13-16-11-17(24(27,28)29)3-4-20(16)23(25,26)14-31/h3-4,11,15,18-19H,5-10,12-14H2,1-2H3;3-4,11,15,18-19,30H,5-10,12-14H2,1-2H3/t19-,23+;19-,22+/m11/s1. The first-order valence-corrected chi connectivity index (χ1v) is 24.5. The molecule has 9 nitrogen and oxygen atoms in total. The number of rotatable bonds is 8. The van der Waals surface area contributed by atoms with Gasteiger partial charge in [0.1, 0.15) is 0 Å². The summed E-state index contributed by atoms with van der Waals surface area (Å²) in [5.74, 6) is -10.7. The number of carbonyl (C=O) groups is 3. The van der Waals surface area contributed by atoms with Crippen LogP contribution in [-0.2, 0) is 61.1 Å². The number of carbonyl (C=O) groups excluding carboxylic acids is 3. The molecule has 3 amide bonds. The zero-order valence-corrected chi connectivity index (χ0v) is 40.5. The van der Waals surface area contributed by atoms with Crippen molar-refractivity contribution in [1.82, 2.24) is 20.0 Å². The maximum atomic E-state index is 15.1. The number of nitrogens with zero attached hydrogens (tertiary/aromatic N) is 3. The third-order valence-corrected chi connectivity index (χ3v) is 16.0. The third kappa shape index (κ3) is 11.4. The number of amides is 3. The Hall–Kier alpha value is -4.18. The number of fused-ring (bicyclic) bond motifs is 2. The lowest BCUT2D eigenvalue weighted by Crippen LogP contribution is -2.55. The second-order valence-electron chi connectivity index (χ2n) is 21.0. The van der Waals surface area contributed by atoms with E-state index in [1.54, 1.807) is 13.8 Å². The first kappa shape index (κ1) is 55.6. The molecule has 0 spiro atoms. The Labute approximate surface area is 409 Å². The highest BCUT2D eigenvalue weighted by molar-refractivity contribution is 5.86. The topological polar surface area (TPSA) is 91.4 Å². The van der Waals surface area contributed by atoms with Crippen molar-refractivity contribution in [2.75, 3.05) is 39.5 Å². The molecule has 402 valence electrons. The minimum Gasteiger partial charge on any atom is -0.381 e. The average Bonchev–Trinajstić information content (AvgIpc) is 3.95. The predicted octanol–water partition coefficient (Wildman–Crippen LogP) is 11.0. The van der Waals surface area contributed by atoms with Crippen LogP contribution < -0.4 is 5.32 Å². The molecule has 2 saturated carbocycles. The minimum absolute atomic E-state index is 0.0521. The Morgan fingerprint density at radius 2 is 1.03 bits per heavy atom. The van der Waals surface area contributed by atoms with Gasteiger partial charge in [0, 0.05) is 74.8 Å². The number of nitrogens with one attached hydrogen (secondary N) is 1. The SMILES string of the molecule is CC(C)[C@]1(C(=O)N2Cc3cc(C(F)(F)F)ccc3C(F)(F)C2)CC[C@@H](N(C(=O)C(F)(F)F)C2CCOCC2)C1.CC(C)[C@]1(C(=O)N2Cc3cc(C(F)(F)F)ccc3C(F)(F)C2)CC[C@@H](NC2CCOCC2)C1. The molecule has 6 aliphatic rings. The van der Waals surface area contributed by atoms with Crippen LogP contribution in [0.4, 0.5) is 57.1 Å². The molecule has 22 heteroatoms. The van der Waals surface area contributed by atoms with Gasteiger partial charge in [0.2, 0.25) is 11.8 Å². The Bertz CT molecular complexity index is 2290. The van der Waals surface area contributed by atoms with Gasteiger partial charge < -0.3 is 29.5 Å². The number of halogens is 13. The molecule has 2 saturated heterocycles. The molecule has 4 atom stereocenters. The van der Waals surface area contributed by atoms with Gasteiger partial charge in [-0.3, -0.25) is 14.4 Å². The van der Waals surface area contributed by atoms with E-state index in [-0.39, 0.29) is 80.9 Å². The monoisotopic (exact) mass is 1040 g/mol. The van der Waals surface area contributed by atoms with Crippen molar-refractivity contribution in [1.29, 1.82) is 0 Å². The van der Waals surface area contributed by atoms with E-state index in [0.29, 0.717) is 50.3 Å². The summed E-state index contributed by atoms with van der Waals surface area (Å²) in [6, 6.07) is 2.91. The Morgan fingerprint density at radius 1 is 0.597 bits per heavy atom. The van der Waals surface area contributed by atoms with Gasteiger partial charge in [-0.25, -0.2) is 0 Å². The number of ether oxygens (including phenoxy) is 2. The van der Waals surface area contributed by atoms with E-state index in [4.69, 9.17) is 9.47 Å². The Balaban J connectivity index is 0.000000214. The lowest BCUT2D eigenvalue weighted by atomic mass is 9.73. The van der Waals surface area contributed by atoms with Gasteiger partial charge >= 0.3 is 24.4 Å². The van der Waals surface area contributed by atoms with Gasteiger partial charge in [-0.15, -0.1) is 0 Å². The summed E-state index contributed by atoms with van der Waals surface area (Å²) < 4.78 is 191. The van der Waals surface area contributed by atoms with Crippen LogP contribution in [0.2, 0.25) is 0 Å². The molecule has 4 fully saturated rings. The van der Waals surface area contributed by atoms with E-state index in [0.717, 1.165) is 52.2 Å². The zero-order valence-electron chi connectivity index (χ0n) is 40.5. The number of hydrogen-bond donors (Lipinski definition) is 1. The van der Waals surface area contributed by atoms with Crippen LogP contribution in [0.25, 0.3) is 0 Å². The summed E-state index contributed by atoms with van der Waals surface area (Å²) in [5.41, 5.74) is -5.77. The summed E-state index contributed by atoms with van der Waals surface area (Å²) >= 11 is 0. The summed E-state index contributed by atoms with van der Waals surface area (Å²) in [4.78, 5) is 42.8. The highest BCUT2D eigenvalue weighted by Gasteiger charge is 2.57. The molecule has 2 aliphatic carbocycles. The molecule has 8 rings (SSSR count). The smallest absolute Gasteiger partial charge is 0.381 e. The number of hydrogen-bond acceptors (Lipinski definition) is 6. The van der Waals surface area contributed by atoms with Crippen LogP contribution in [0.15, 0.2) is 36.4 Å². The summed E-state index contributed by atoms with van der Waals surface area (Å²) in [6.07, 6.45) is -10.5. The van der Waals surface area contributed by atoms with E-state index in [1.807, 2.05) is 13.8 Å². The molecule has 0 unspecified atom stereocenters. The summed E-state index contributed by atoms with van der Waals surface area (Å²) in [7, 11) is 0. The fraction of sp³-hybridized carbons (Fsp3) is 0.700. The highest BCUT2D eigenvalue weighted by Crippen LogP contribution is 2.52. The van der Waals surface area contributed by atoms with E-state index >= 15 is 8.78 Å². The van der Waals surface area contributed by atoms with Crippen LogP contribution in [0.5, 0.6) is 0 Å².